The maximum absolute atomic E-state index is 11.1. The first-order chi connectivity index (χ1) is 8.17. The molecule has 0 aliphatic rings. The van der Waals surface area contributed by atoms with Crippen molar-refractivity contribution in [3.8, 4) is 0 Å². The summed E-state index contributed by atoms with van der Waals surface area (Å²) in [5, 5.41) is 26.4. The molecule has 2 unspecified atom stereocenters. The SMILES string of the molecule is C=CC(=O)OC(CC(=O)O)(C(=O)O)C(C)C(=O)O. The molecule has 8 nitrogen and oxygen atoms in total. The van der Waals surface area contributed by atoms with Crippen molar-refractivity contribution in [1.29, 1.82) is 0 Å². The predicted molar refractivity (Wildman–Crippen MR) is 55.7 cm³/mol. The number of hydrogen-bond acceptors (Lipinski definition) is 5. The van der Waals surface area contributed by atoms with E-state index >= 15 is 0 Å². The van der Waals surface area contributed by atoms with Gasteiger partial charge in [0.05, 0.1) is 6.42 Å². The molecule has 0 aromatic rings. The van der Waals surface area contributed by atoms with E-state index in [-0.39, 0.29) is 0 Å². The van der Waals surface area contributed by atoms with Gasteiger partial charge in [-0.1, -0.05) is 6.58 Å². The molecule has 0 spiro atoms. The van der Waals surface area contributed by atoms with Crippen molar-refractivity contribution in [2.45, 2.75) is 18.9 Å². The number of carbonyl (C=O) groups is 4. The fraction of sp³-hybridized carbons (Fsp3) is 0.400. The van der Waals surface area contributed by atoms with E-state index in [0.29, 0.717) is 6.08 Å². The third-order valence-corrected chi connectivity index (χ3v) is 2.30. The summed E-state index contributed by atoms with van der Waals surface area (Å²) in [6.07, 6.45) is -0.552. The van der Waals surface area contributed by atoms with Crippen molar-refractivity contribution in [2.75, 3.05) is 0 Å². The summed E-state index contributed by atoms with van der Waals surface area (Å²) in [6, 6.07) is 0. The molecule has 2 atom stereocenters. The third-order valence-electron chi connectivity index (χ3n) is 2.30. The molecule has 0 rings (SSSR count). The zero-order chi connectivity index (χ0) is 14.5. The van der Waals surface area contributed by atoms with E-state index in [2.05, 4.69) is 11.3 Å². The van der Waals surface area contributed by atoms with Crippen molar-refractivity contribution in [1.82, 2.24) is 0 Å². The van der Waals surface area contributed by atoms with Gasteiger partial charge in [-0.3, -0.25) is 9.59 Å². The van der Waals surface area contributed by atoms with Crippen LogP contribution in [0.25, 0.3) is 0 Å². The number of ether oxygens (including phenoxy) is 1. The van der Waals surface area contributed by atoms with E-state index in [4.69, 9.17) is 15.3 Å². The van der Waals surface area contributed by atoms with Crippen molar-refractivity contribution < 1.29 is 39.2 Å². The smallest absolute Gasteiger partial charge is 0.349 e. The molecule has 3 N–H and O–H groups in total. The lowest BCUT2D eigenvalue weighted by molar-refractivity contribution is -0.190. The van der Waals surface area contributed by atoms with Gasteiger partial charge in [-0.2, -0.15) is 0 Å². The molecule has 0 saturated carbocycles. The molecular formula is C10H12O8. The van der Waals surface area contributed by atoms with Crippen LogP contribution in [0.1, 0.15) is 13.3 Å². The molecule has 100 valence electrons. The average molecular weight is 260 g/mol. The highest BCUT2D eigenvalue weighted by Gasteiger charge is 2.52. The van der Waals surface area contributed by atoms with E-state index in [1.165, 1.54) is 0 Å². The number of aliphatic carboxylic acids is 3. The van der Waals surface area contributed by atoms with Crippen molar-refractivity contribution in [3.05, 3.63) is 12.7 Å². The van der Waals surface area contributed by atoms with Gasteiger partial charge in [-0.05, 0) is 6.92 Å². The number of carboxylic acid groups (broad SMARTS) is 3. The molecule has 0 heterocycles. The monoisotopic (exact) mass is 260 g/mol. The van der Waals surface area contributed by atoms with Crippen LogP contribution in [0.15, 0.2) is 12.7 Å². The third kappa shape index (κ3) is 3.30. The predicted octanol–water partition coefficient (Wildman–Crippen LogP) is -0.266. The summed E-state index contributed by atoms with van der Waals surface area (Å²) >= 11 is 0. The van der Waals surface area contributed by atoms with E-state index in [1.807, 2.05) is 0 Å². The Morgan fingerprint density at radius 1 is 1.28 bits per heavy atom. The highest BCUT2D eigenvalue weighted by atomic mass is 16.6. The van der Waals surface area contributed by atoms with Gasteiger partial charge in [0, 0.05) is 6.08 Å². The normalized spacial score (nSPS) is 14.9. The summed E-state index contributed by atoms with van der Waals surface area (Å²) in [5.74, 6) is -8.02. The van der Waals surface area contributed by atoms with Crippen LogP contribution in [0, 0.1) is 5.92 Å². The molecule has 0 amide bonds. The van der Waals surface area contributed by atoms with Gasteiger partial charge >= 0.3 is 23.9 Å². The first-order valence-electron chi connectivity index (χ1n) is 4.70. The summed E-state index contributed by atoms with van der Waals surface area (Å²) in [5.41, 5.74) is -2.68. The number of carboxylic acids is 3. The molecule has 0 fully saturated rings. The number of rotatable bonds is 7. The number of hydrogen-bond donors (Lipinski definition) is 3. The van der Waals surface area contributed by atoms with Crippen LogP contribution < -0.4 is 0 Å². The highest BCUT2D eigenvalue weighted by molar-refractivity contribution is 5.93. The fourth-order valence-electron chi connectivity index (χ4n) is 1.23. The van der Waals surface area contributed by atoms with Gasteiger partial charge in [0.25, 0.3) is 0 Å². The Hall–Kier alpha value is -2.38. The minimum atomic E-state index is -2.68. The van der Waals surface area contributed by atoms with Crippen LogP contribution in [-0.4, -0.2) is 44.8 Å². The minimum absolute atomic E-state index is 0.619. The lowest BCUT2D eigenvalue weighted by Gasteiger charge is -2.30. The van der Waals surface area contributed by atoms with Gasteiger partial charge in [-0.25, -0.2) is 9.59 Å². The van der Waals surface area contributed by atoms with Crippen LogP contribution in [0.3, 0.4) is 0 Å². The Labute approximate surface area is 101 Å². The summed E-state index contributed by atoms with van der Waals surface area (Å²) in [7, 11) is 0. The molecule has 0 saturated heterocycles. The zero-order valence-electron chi connectivity index (χ0n) is 9.45. The molecule has 8 heteroatoms. The van der Waals surface area contributed by atoms with Gasteiger partial charge in [0.1, 0.15) is 5.92 Å². The Bertz CT molecular complexity index is 399. The quantitative estimate of drug-likeness (QED) is 0.420. The summed E-state index contributed by atoms with van der Waals surface area (Å²) < 4.78 is 4.46. The maximum atomic E-state index is 11.1. The second-order valence-electron chi connectivity index (χ2n) is 3.45. The Kier molecular flexibility index (Phi) is 5.03. The Morgan fingerprint density at radius 2 is 1.78 bits per heavy atom. The first kappa shape index (κ1) is 15.6. The fourth-order valence-corrected chi connectivity index (χ4v) is 1.23. The van der Waals surface area contributed by atoms with Gasteiger partial charge in [-0.15, -0.1) is 0 Å². The molecule has 0 aliphatic carbocycles. The van der Waals surface area contributed by atoms with Crippen LogP contribution in [-0.2, 0) is 23.9 Å². The molecule has 0 bridgehead atoms. The molecule has 0 aliphatic heterocycles. The van der Waals surface area contributed by atoms with Gasteiger partial charge < -0.3 is 20.1 Å². The van der Waals surface area contributed by atoms with Crippen LogP contribution in [0.5, 0.6) is 0 Å². The summed E-state index contributed by atoms with van der Waals surface area (Å²) in [6.45, 7) is 3.97. The molecule has 0 aromatic carbocycles. The van der Waals surface area contributed by atoms with Gasteiger partial charge in [0.2, 0.25) is 5.60 Å². The lowest BCUT2D eigenvalue weighted by atomic mass is 9.85. The maximum Gasteiger partial charge on any atom is 0.349 e. The van der Waals surface area contributed by atoms with Crippen LogP contribution >= 0.6 is 0 Å². The highest BCUT2D eigenvalue weighted by Crippen LogP contribution is 2.28. The molecule has 0 aromatic heterocycles. The molecular weight excluding hydrogens is 248 g/mol. The van der Waals surface area contributed by atoms with Crippen molar-refractivity contribution >= 4 is 23.9 Å². The second kappa shape index (κ2) is 5.80. The van der Waals surface area contributed by atoms with Crippen molar-refractivity contribution in [3.63, 3.8) is 0 Å². The number of carbonyl (C=O) groups excluding carboxylic acids is 1. The second-order valence-corrected chi connectivity index (χ2v) is 3.45. The Morgan fingerprint density at radius 3 is 2.06 bits per heavy atom. The zero-order valence-corrected chi connectivity index (χ0v) is 9.45. The van der Waals surface area contributed by atoms with Crippen LogP contribution in [0.2, 0.25) is 0 Å². The van der Waals surface area contributed by atoms with E-state index in [0.717, 1.165) is 6.92 Å². The molecule has 18 heavy (non-hydrogen) atoms. The largest absolute Gasteiger partial charge is 0.481 e. The van der Waals surface area contributed by atoms with Crippen molar-refractivity contribution in [2.24, 2.45) is 5.92 Å². The first-order valence-corrected chi connectivity index (χ1v) is 4.70. The number of esters is 1. The minimum Gasteiger partial charge on any atom is -0.481 e. The van der Waals surface area contributed by atoms with Gasteiger partial charge in [0.15, 0.2) is 0 Å². The van der Waals surface area contributed by atoms with E-state index < -0.39 is 41.8 Å². The Balaban J connectivity index is 5.62. The topological polar surface area (TPSA) is 138 Å². The molecule has 0 radical (unpaired) electrons. The lowest BCUT2D eigenvalue weighted by Crippen LogP contribution is -2.52. The standard InChI is InChI=1S/C10H12O8/c1-3-7(13)18-10(9(16)17,4-6(11)12)5(2)8(14)15/h3,5H,1,4H2,2H3,(H,11,12)(H,14,15)(H,16,17). The average Bonchev–Trinajstić information content (AvgIpc) is 2.25. The van der Waals surface area contributed by atoms with E-state index in [1.54, 1.807) is 0 Å². The van der Waals surface area contributed by atoms with Crippen LogP contribution in [0.4, 0.5) is 0 Å². The summed E-state index contributed by atoms with van der Waals surface area (Å²) in [4.78, 5) is 43.6. The van der Waals surface area contributed by atoms with E-state index in [9.17, 15) is 19.2 Å².